The van der Waals surface area contributed by atoms with Crippen molar-refractivity contribution < 1.29 is 9.47 Å². The summed E-state index contributed by atoms with van der Waals surface area (Å²) < 4.78 is 14.3. The van der Waals surface area contributed by atoms with E-state index in [9.17, 15) is 0 Å². The number of pyridine rings is 1. The van der Waals surface area contributed by atoms with Crippen LogP contribution in [0.1, 0.15) is 30.2 Å². The van der Waals surface area contributed by atoms with E-state index in [0.717, 1.165) is 82.7 Å². The molecule has 0 saturated carbocycles. The fraction of sp³-hybridized carbons (Fsp3) is 0.323. The van der Waals surface area contributed by atoms with Gasteiger partial charge < -0.3 is 29.6 Å². The fourth-order valence-electron chi connectivity index (χ4n) is 5.18. The average Bonchev–Trinajstić information content (AvgIpc) is 3.33. The monoisotopic (exact) mass is 537 g/mol. The van der Waals surface area contributed by atoms with Crippen molar-refractivity contribution in [3.8, 4) is 17.2 Å². The lowest BCUT2D eigenvalue weighted by Crippen LogP contribution is -2.56. The number of aryl methyl sites for hydroxylation is 3. The molecule has 2 aromatic carbocycles. The maximum Gasteiger partial charge on any atom is 0.172 e. The normalized spacial score (nSPS) is 17.1. The molecule has 1 atom stereocenters. The minimum Gasteiger partial charge on any atom is -0.487 e. The van der Waals surface area contributed by atoms with E-state index in [4.69, 9.17) is 19.5 Å². The Hall–Kier alpha value is -4.37. The second kappa shape index (κ2) is 11.0. The summed E-state index contributed by atoms with van der Waals surface area (Å²) in [5, 5.41) is 6.98. The number of ether oxygens (including phenoxy) is 2. The van der Waals surface area contributed by atoms with Crippen LogP contribution in [-0.4, -0.2) is 52.7 Å². The number of nitrogens with zero attached hydrogens (tertiary/aromatic N) is 5. The first-order chi connectivity index (χ1) is 19.5. The third-order valence-electron chi connectivity index (χ3n) is 7.34. The Morgan fingerprint density at radius 2 is 2.10 bits per heavy atom. The second-order valence-corrected chi connectivity index (χ2v) is 10.3. The minimum atomic E-state index is 0.284. The quantitative estimate of drug-likeness (QED) is 0.254. The highest BCUT2D eigenvalue weighted by molar-refractivity contribution is 6.08. The Kier molecular flexibility index (Phi) is 7.13. The predicted molar refractivity (Wildman–Crippen MR) is 160 cm³/mol. The molecule has 206 valence electrons. The third kappa shape index (κ3) is 5.12. The van der Waals surface area contributed by atoms with E-state index in [1.165, 1.54) is 0 Å². The number of rotatable bonds is 6. The van der Waals surface area contributed by atoms with Crippen LogP contribution in [-0.2, 0) is 7.05 Å². The Balaban J connectivity index is 1.28. The molecule has 0 amide bonds. The molecule has 1 unspecified atom stereocenters. The molecule has 4 aromatic rings. The summed E-state index contributed by atoms with van der Waals surface area (Å²) in [4.78, 5) is 16.7. The van der Waals surface area contributed by atoms with Crippen molar-refractivity contribution in [1.82, 2.24) is 19.9 Å². The van der Waals surface area contributed by atoms with Crippen molar-refractivity contribution in [2.45, 2.75) is 33.2 Å². The summed E-state index contributed by atoms with van der Waals surface area (Å²) >= 11 is 0. The molecule has 4 heterocycles. The molecular weight excluding hydrogens is 502 g/mol. The molecule has 2 aliphatic heterocycles. The molecule has 0 radical (unpaired) electrons. The SMILES string of the molecule is CC/C=C/N=C(Nc1ccc(Oc2ccc3c(c2)ncn3C)c(C)c1)c1nc2c(cc1C)OCC1CNCCN21. The molecule has 2 aromatic heterocycles. The van der Waals surface area contributed by atoms with Crippen molar-refractivity contribution >= 4 is 28.4 Å². The maximum atomic E-state index is 6.23. The zero-order chi connectivity index (χ0) is 27.6. The molecule has 2 aliphatic rings. The second-order valence-electron chi connectivity index (χ2n) is 10.3. The third-order valence-corrected chi connectivity index (χ3v) is 7.34. The Morgan fingerprint density at radius 1 is 1.20 bits per heavy atom. The number of nitrogens with one attached hydrogen (secondary N) is 2. The molecule has 6 rings (SSSR count). The van der Waals surface area contributed by atoms with Gasteiger partial charge in [-0.15, -0.1) is 0 Å². The average molecular weight is 538 g/mol. The molecule has 40 heavy (non-hydrogen) atoms. The molecule has 2 N–H and O–H groups in total. The smallest absolute Gasteiger partial charge is 0.172 e. The molecule has 0 spiro atoms. The van der Waals surface area contributed by atoms with E-state index >= 15 is 0 Å². The highest BCUT2D eigenvalue weighted by Crippen LogP contribution is 2.35. The van der Waals surface area contributed by atoms with Gasteiger partial charge in [-0.05, 0) is 67.8 Å². The van der Waals surface area contributed by atoms with E-state index in [-0.39, 0.29) is 6.04 Å². The summed E-state index contributed by atoms with van der Waals surface area (Å²) in [6, 6.07) is 14.4. The van der Waals surface area contributed by atoms with Crippen LogP contribution < -0.4 is 25.0 Å². The van der Waals surface area contributed by atoms with Gasteiger partial charge in [0.25, 0.3) is 0 Å². The van der Waals surface area contributed by atoms with Crippen LogP contribution >= 0.6 is 0 Å². The van der Waals surface area contributed by atoms with E-state index in [2.05, 4.69) is 46.5 Å². The Morgan fingerprint density at radius 3 is 2.95 bits per heavy atom. The number of allylic oxidation sites excluding steroid dienone is 1. The number of aromatic nitrogens is 3. The summed E-state index contributed by atoms with van der Waals surface area (Å²) in [6.45, 7) is 9.59. The van der Waals surface area contributed by atoms with Gasteiger partial charge in [0.2, 0.25) is 0 Å². The summed E-state index contributed by atoms with van der Waals surface area (Å²) in [5.41, 5.74) is 5.69. The summed E-state index contributed by atoms with van der Waals surface area (Å²) in [6.07, 6.45) is 6.58. The number of hydrogen-bond donors (Lipinski definition) is 2. The lowest BCUT2D eigenvalue weighted by atomic mass is 10.1. The van der Waals surface area contributed by atoms with Gasteiger partial charge in [0, 0.05) is 44.6 Å². The maximum absolute atomic E-state index is 6.23. The first-order valence-electron chi connectivity index (χ1n) is 13.8. The van der Waals surface area contributed by atoms with Gasteiger partial charge in [0.15, 0.2) is 17.4 Å². The van der Waals surface area contributed by atoms with Crippen LogP contribution in [0.25, 0.3) is 11.0 Å². The van der Waals surface area contributed by atoms with E-state index in [0.29, 0.717) is 12.4 Å². The van der Waals surface area contributed by atoms with Crippen LogP contribution in [0.4, 0.5) is 11.5 Å². The zero-order valence-electron chi connectivity index (χ0n) is 23.4. The lowest BCUT2D eigenvalue weighted by Gasteiger charge is -2.41. The largest absolute Gasteiger partial charge is 0.487 e. The van der Waals surface area contributed by atoms with Gasteiger partial charge in [0.1, 0.15) is 23.8 Å². The number of piperazine rings is 1. The number of amidine groups is 1. The Labute approximate surface area is 234 Å². The van der Waals surface area contributed by atoms with Gasteiger partial charge in [-0.1, -0.05) is 13.0 Å². The molecular formula is C31H35N7O2. The number of hydrogen-bond acceptors (Lipinski definition) is 7. The van der Waals surface area contributed by atoms with Crippen molar-refractivity contribution in [3.05, 3.63) is 77.9 Å². The summed E-state index contributed by atoms with van der Waals surface area (Å²) in [5.74, 6) is 3.96. The Bertz CT molecular complexity index is 1610. The molecule has 9 heteroatoms. The number of anilines is 2. The molecule has 0 aliphatic carbocycles. The first-order valence-corrected chi connectivity index (χ1v) is 13.8. The van der Waals surface area contributed by atoms with Crippen molar-refractivity contribution in [2.24, 2.45) is 12.0 Å². The van der Waals surface area contributed by atoms with Crippen LogP contribution in [0.2, 0.25) is 0 Å². The minimum absolute atomic E-state index is 0.284. The number of benzene rings is 2. The first kappa shape index (κ1) is 25.9. The van der Waals surface area contributed by atoms with Gasteiger partial charge in [-0.25, -0.2) is 15.0 Å². The van der Waals surface area contributed by atoms with E-state index < -0.39 is 0 Å². The fourth-order valence-corrected chi connectivity index (χ4v) is 5.18. The van der Waals surface area contributed by atoms with Gasteiger partial charge >= 0.3 is 0 Å². The molecule has 9 nitrogen and oxygen atoms in total. The van der Waals surface area contributed by atoms with Crippen LogP contribution in [0.15, 0.2) is 66.1 Å². The topological polar surface area (TPSA) is 88.8 Å². The van der Waals surface area contributed by atoms with Crippen molar-refractivity contribution in [1.29, 1.82) is 0 Å². The van der Waals surface area contributed by atoms with E-state index in [1.807, 2.05) is 67.5 Å². The highest BCUT2D eigenvalue weighted by atomic mass is 16.5. The van der Waals surface area contributed by atoms with Crippen molar-refractivity contribution in [2.75, 3.05) is 36.5 Å². The number of imidazole rings is 1. The highest BCUT2D eigenvalue weighted by Gasteiger charge is 2.32. The van der Waals surface area contributed by atoms with Crippen LogP contribution in [0, 0.1) is 13.8 Å². The van der Waals surface area contributed by atoms with Gasteiger partial charge in [0.05, 0.1) is 23.4 Å². The molecule has 1 fully saturated rings. The van der Waals surface area contributed by atoms with Crippen LogP contribution in [0.3, 0.4) is 0 Å². The summed E-state index contributed by atoms with van der Waals surface area (Å²) in [7, 11) is 1.98. The van der Waals surface area contributed by atoms with Crippen molar-refractivity contribution in [3.63, 3.8) is 0 Å². The zero-order valence-corrected chi connectivity index (χ0v) is 23.4. The standard InChI is InChI=1S/C31H35N7O2/c1-5-6-11-33-30(29-21(3)15-28-31(36-29)38-13-12-32-17-23(38)18-39-28)35-22-7-10-27(20(2)14-22)40-24-8-9-26-25(16-24)34-19-37(26)4/h6-11,14-16,19,23,32H,5,12-13,17-18H2,1-4H3,(H,33,35)/b11-6+. The van der Waals surface area contributed by atoms with E-state index in [1.54, 1.807) is 0 Å². The number of aliphatic imine (C=N–C) groups is 1. The van der Waals surface area contributed by atoms with Gasteiger partial charge in [-0.3, -0.25) is 0 Å². The molecule has 0 bridgehead atoms. The predicted octanol–water partition coefficient (Wildman–Crippen LogP) is 5.33. The number of fused-ring (bicyclic) bond motifs is 4. The molecule has 1 saturated heterocycles. The lowest BCUT2D eigenvalue weighted by molar-refractivity contribution is 0.244. The van der Waals surface area contributed by atoms with Crippen LogP contribution in [0.5, 0.6) is 17.2 Å². The van der Waals surface area contributed by atoms with Gasteiger partial charge in [-0.2, -0.15) is 0 Å².